The summed E-state index contributed by atoms with van der Waals surface area (Å²) < 4.78 is 18.1. The van der Waals surface area contributed by atoms with Crippen LogP contribution < -0.4 is 15.9 Å². The number of benzene rings is 7. The Balaban J connectivity index is 1.41. The molecule has 1 aliphatic heterocycles. The number of hydrogen-bond acceptors (Lipinski definition) is 2. The molecule has 8 aromatic rings. The van der Waals surface area contributed by atoms with Crippen molar-refractivity contribution < 1.29 is 4.57 Å². The zero-order valence-corrected chi connectivity index (χ0v) is 25.7. The van der Waals surface area contributed by atoms with Crippen LogP contribution in [0.3, 0.4) is 0 Å². The Labute approximate surface area is 261 Å². The minimum absolute atomic E-state index is 0.779. The van der Waals surface area contributed by atoms with Crippen LogP contribution in [0.25, 0.3) is 60.5 Å². The molecule has 1 atom stereocenters. The van der Waals surface area contributed by atoms with E-state index in [2.05, 4.69) is 109 Å². The van der Waals surface area contributed by atoms with E-state index in [0.29, 0.717) is 0 Å². The van der Waals surface area contributed by atoms with E-state index in [1.54, 1.807) is 0 Å². The fourth-order valence-corrected chi connectivity index (χ4v) is 10.5. The van der Waals surface area contributed by atoms with Crippen molar-refractivity contribution >= 4 is 55.6 Å². The van der Waals surface area contributed by atoms with Crippen molar-refractivity contribution in [2.45, 2.75) is 13.3 Å². The molecule has 1 aliphatic rings. The van der Waals surface area contributed by atoms with Gasteiger partial charge in [0.1, 0.15) is 5.82 Å². The van der Waals surface area contributed by atoms with Gasteiger partial charge in [0.25, 0.3) is 0 Å². The van der Waals surface area contributed by atoms with E-state index in [-0.39, 0.29) is 0 Å². The Morgan fingerprint density at radius 3 is 1.78 bits per heavy atom. The van der Waals surface area contributed by atoms with Gasteiger partial charge in [-0.1, -0.05) is 128 Å². The summed E-state index contributed by atoms with van der Waals surface area (Å²) in [5.74, 6) is 0.980. The van der Waals surface area contributed by atoms with Gasteiger partial charge in [-0.15, -0.1) is 0 Å². The van der Waals surface area contributed by atoms with Gasteiger partial charge in [0, 0.05) is 22.3 Å². The summed E-state index contributed by atoms with van der Waals surface area (Å²) >= 11 is 0. The standard InChI is InChI=1S/C41H29N2OP/c1-2-38-42-34-22-13-23-36-41(34)43(38)35-25-24-28(26-37(35)45(36,44)29-16-7-4-8-17-29)40-32-20-11-9-18-30(32)39(27-14-5-3-6-15-27)31-19-10-12-21-33(31)40/h3-26H,2H2,1H3. The first kappa shape index (κ1) is 26.2. The second kappa shape index (κ2) is 9.89. The monoisotopic (exact) mass is 596 g/mol. The lowest BCUT2D eigenvalue weighted by atomic mass is 9.86. The van der Waals surface area contributed by atoms with Crippen molar-refractivity contribution in [3.05, 3.63) is 151 Å². The molecule has 0 amide bonds. The van der Waals surface area contributed by atoms with Crippen molar-refractivity contribution in [3.63, 3.8) is 0 Å². The number of nitrogens with zero attached hydrogens (tertiary/aromatic N) is 2. The Hall–Kier alpha value is -5.24. The molecule has 0 saturated heterocycles. The lowest BCUT2D eigenvalue weighted by molar-refractivity contribution is 0.592. The first-order valence-corrected chi connectivity index (χ1v) is 17.2. The van der Waals surface area contributed by atoms with Crippen LogP contribution in [0.2, 0.25) is 0 Å². The van der Waals surface area contributed by atoms with E-state index in [4.69, 9.17) is 4.98 Å². The highest BCUT2D eigenvalue weighted by atomic mass is 31.2. The van der Waals surface area contributed by atoms with E-state index in [0.717, 1.165) is 56.0 Å². The SMILES string of the molecule is CCc1nc2cccc3c2n1-c1ccc(-c2c4ccccc4c(-c4ccccc4)c4ccccc24)cc1P3(=O)c1ccccc1. The Bertz CT molecular complexity index is 2440. The molecular formula is C41H29N2OP. The predicted octanol–water partition coefficient (Wildman–Crippen LogP) is 9.18. The smallest absolute Gasteiger partial charge is 0.175 e. The summed E-state index contributed by atoms with van der Waals surface area (Å²) in [6.07, 6.45) is 0.779. The highest BCUT2D eigenvalue weighted by Crippen LogP contribution is 2.51. The summed E-state index contributed by atoms with van der Waals surface area (Å²) in [5, 5.41) is 7.33. The summed E-state index contributed by atoms with van der Waals surface area (Å²) in [7, 11) is -3.25. The highest BCUT2D eigenvalue weighted by molar-refractivity contribution is 7.86. The zero-order valence-electron chi connectivity index (χ0n) is 24.8. The van der Waals surface area contributed by atoms with Crippen LogP contribution >= 0.6 is 7.14 Å². The Morgan fingerprint density at radius 2 is 1.16 bits per heavy atom. The van der Waals surface area contributed by atoms with Crippen molar-refractivity contribution in [1.29, 1.82) is 0 Å². The van der Waals surface area contributed by atoms with E-state index >= 15 is 4.57 Å². The number of aryl methyl sites for hydroxylation is 1. The van der Waals surface area contributed by atoms with Crippen molar-refractivity contribution in [2.75, 3.05) is 0 Å². The van der Waals surface area contributed by atoms with Gasteiger partial charge >= 0.3 is 0 Å². The average Bonchev–Trinajstić information content (AvgIpc) is 3.49. The van der Waals surface area contributed by atoms with E-state index < -0.39 is 7.14 Å². The van der Waals surface area contributed by atoms with E-state index in [1.807, 2.05) is 48.5 Å². The van der Waals surface area contributed by atoms with Crippen LogP contribution in [0.4, 0.5) is 0 Å². The van der Waals surface area contributed by atoms with E-state index in [1.165, 1.54) is 32.7 Å². The molecule has 1 unspecified atom stereocenters. The first-order valence-electron chi connectivity index (χ1n) is 15.5. The minimum Gasteiger partial charge on any atom is -0.308 e. The Morgan fingerprint density at radius 1 is 0.578 bits per heavy atom. The van der Waals surface area contributed by atoms with Crippen LogP contribution in [0.1, 0.15) is 12.7 Å². The number of para-hydroxylation sites is 1. The normalized spacial score (nSPS) is 15.5. The predicted molar refractivity (Wildman–Crippen MR) is 189 cm³/mol. The molecule has 0 aliphatic carbocycles. The zero-order chi connectivity index (χ0) is 30.1. The fraction of sp³-hybridized carbons (Fsp3) is 0.0488. The van der Waals surface area contributed by atoms with Crippen molar-refractivity contribution in [1.82, 2.24) is 9.55 Å². The summed E-state index contributed by atoms with van der Waals surface area (Å²) in [6.45, 7) is 2.14. The van der Waals surface area contributed by atoms with Gasteiger partial charge in [-0.05, 0) is 68.1 Å². The van der Waals surface area contributed by atoms with Crippen LogP contribution in [-0.2, 0) is 11.0 Å². The second-order valence-electron chi connectivity index (χ2n) is 11.7. The summed E-state index contributed by atoms with van der Waals surface area (Å²) in [6, 6.07) is 50.7. The van der Waals surface area contributed by atoms with Gasteiger partial charge in [-0.25, -0.2) is 4.98 Å². The van der Waals surface area contributed by atoms with Crippen LogP contribution in [0.15, 0.2) is 146 Å². The molecule has 0 radical (unpaired) electrons. The number of rotatable bonds is 4. The van der Waals surface area contributed by atoms with Crippen LogP contribution in [-0.4, -0.2) is 9.55 Å². The van der Waals surface area contributed by atoms with Gasteiger partial charge < -0.3 is 4.57 Å². The molecule has 0 spiro atoms. The molecule has 4 heteroatoms. The molecule has 2 heterocycles. The molecule has 214 valence electrons. The fourth-order valence-electron chi connectivity index (χ4n) is 7.43. The summed E-state index contributed by atoms with van der Waals surface area (Å²) in [4.78, 5) is 5.00. The molecule has 3 nitrogen and oxygen atoms in total. The third kappa shape index (κ3) is 3.65. The quantitative estimate of drug-likeness (QED) is 0.150. The minimum atomic E-state index is -3.25. The lowest BCUT2D eigenvalue weighted by Crippen LogP contribution is -2.33. The highest BCUT2D eigenvalue weighted by Gasteiger charge is 2.40. The third-order valence-corrected chi connectivity index (χ3v) is 12.4. The molecule has 7 aromatic carbocycles. The molecular weight excluding hydrogens is 567 g/mol. The largest absolute Gasteiger partial charge is 0.308 e. The number of hydrogen-bond donors (Lipinski definition) is 0. The molecule has 9 rings (SSSR count). The van der Waals surface area contributed by atoms with Gasteiger partial charge in [0.05, 0.1) is 16.7 Å². The molecule has 0 bridgehead atoms. The maximum absolute atomic E-state index is 15.9. The average molecular weight is 597 g/mol. The third-order valence-electron chi connectivity index (χ3n) is 9.34. The molecule has 0 fully saturated rings. The van der Waals surface area contributed by atoms with Crippen LogP contribution in [0, 0.1) is 0 Å². The van der Waals surface area contributed by atoms with Gasteiger partial charge in [0.2, 0.25) is 0 Å². The molecule has 1 aromatic heterocycles. The van der Waals surface area contributed by atoms with Crippen molar-refractivity contribution in [2.24, 2.45) is 0 Å². The topological polar surface area (TPSA) is 34.9 Å². The van der Waals surface area contributed by atoms with Gasteiger partial charge in [0.15, 0.2) is 7.14 Å². The molecule has 0 saturated carbocycles. The number of imidazole rings is 1. The number of fused-ring (bicyclic) bond motifs is 4. The van der Waals surface area contributed by atoms with Crippen LogP contribution in [0.5, 0.6) is 0 Å². The maximum atomic E-state index is 15.9. The summed E-state index contributed by atoms with van der Waals surface area (Å²) in [5.41, 5.74) is 7.47. The van der Waals surface area contributed by atoms with Gasteiger partial charge in [-0.3, -0.25) is 4.57 Å². The first-order chi connectivity index (χ1) is 22.2. The van der Waals surface area contributed by atoms with E-state index in [9.17, 15) is 0 Å². The lowest BCUT2D eigenvalue weighted by Gasteiger charge is -2.30. The van der Waals surface area contributed by atoms with Crippen molar-refractivity contribution in [3.8, 4) is 27.9 Å². The molecule has 0 N–H and O–H groups in total. The molecule has 45 heavy (non-hydrogen) atoms. The maximum Gasteiger partial charge on any atom is 0.175 e. The van der Waals surface area contributed by atoms with Gasteiger partial charge in [-0.2, -0.15) is 0 Å². The Kier molecular flexibility index (Phi) is 5.75. The number of aromatic nitrogens is 2. The second-order valence-corrected chi connectivity index (χ2v) is 14.4.